The van der Waals surface area contributed by atoms with Crippen molar-refractivity contribution in [3.8, 4) is 0 Å². The first-order valence-electron chi connectivity index (χ1n) is 7.21. The van der Waals surface area contributed by atoms with Gasteiger partial charge in [0.25, 0.3) is 0 Å². The Morgan fingerprint density at radius 1 is 0.955 bits per heavy atom. The summed E-state index contributed by atoms with van der Waals surface area (Å²) in [5.41, 5.74) is 3.18. The lowest BCUT2D eigenvalue weighted by Gasteiger charge is -2.19. The number of nitrogens with one attached hydrogen (secondary N) is 1. The van der Waals surface area contributed by atoms with Gasteiger partial charge in [0.05, 0.1) is 5.56 Å². The largest absolute Gasteiger partial charge is 0.416 e. The lowest BCUT2D eigenvalue weighted by Crippen LogP contribution is -2.16. The van der Waals surface area contributed by atoms with Gasteiger partial charge < -0.3 is 5.32 Å². The third kappa shape index (κ3) is 3.32. The van der Waals surface area contributed by atoms with Gasteiger partial charge in [0.2, 0.25) is 0 Å². The zero-order valence-corrected chi connectivity index (χ0v) is 12.0. The molecule has 0 heterocycles. The van der Waals surface area contributed by atoms with Crippen LogP contribution in [0.2, 0.25) is 0 Å². The van der Waals surface area contributed by atoms with Gasteiger partial charge in [0.1, 0.15) is 0 Å². The molecular formula is C18H16F3N. The van der Waals surface area contributed by atoms with E-state index in [0.29, 0.717) is 12.1 Å². The van der Waals surface area contributed by atoms with E-state index in [-0.39, 0.29) is 0 Å². The highest BCUT2D eigenvalue weighted by Crippen LogP contribution is 2.33. The maximum atomic E-state index is 12.8. The quantitative estimate of drug-likeness (QED) is 0.860. The van der Waals surface area contributed by atoms with Crippen LogP contribution in [0.1, 0.15) is 28.7 Å². The molecule has 0 unspecified atom stereocenters. The van der Waals surface area contributed by atoms with Crippen molar-refractivity contribution in [3.05, 3.63) is 76.5 Å². The highest BCUT2D eigenvalue weighted by molar-refractivity contribution is 5.60. The summed E-state index contributed by atoms with van der Waals surface area (Å²) in [6.07, 6.45) is -0.874. The Labute approximate surface area is 127 Å². The van der Waals surface area contributed by atoms with Gasteiger partial charge in [-0.15, -0.1) is 0 Å². The highest BCUT2D eigenvalue weighted by atomic mass is 19.4. The summed E-state index contributed by atoms with van der Waals surface area (Å²) >= 11 is 0. The number of hydrogen-bond acceptors (Lipinski definition) is 1. The van der Waals surface area contributed by atoms with Gasteiger partial charge in [0.15, 0.2) is 0 Å². The van der Waals surface area contributed by atoms with Crippen LogP contribution in [-0.2, 0) is 19.1 Å². The first kappa shape index (κ1) is 14.7. The van der Waals surface area contributed by atoms with E-state index in [1.165, 1.54) is 6.07 Å². The minimum absolute atomic E-state index is 0.591. The molecular weight excluding hydrogens is 287 g/mol. The molecule has 114 valence electrons. The molecule has 1 aliphatic carbocycles. The fourth-order valence-corrected chi connectivity index (χ4v) is 2.61. The van der Waals surface area contributed by atoms with Crippen LogP contribution in [0.15, 0.2) is 54.2 Å². The topological polar surface area (TPSA) is 12.0 Å². The predicted molar refractivity (Wildman–Crippen MR) is 81.0 cm³/mol. The van der Waals surface area contributed by atoms with Crippen molar-refractivity contribution in [2.75, 3.05) is 0 Å². The summed E-state index contributed by atoms with van der Waals surface area (Å²) in [4.78, 5) is 0. The number of rotatable bonds is 3. The van der Waals surface area contributed by atoms with E-state index in [0.717, 1.165) is 35.7 Å². The van der Waals surface area contributed by atoms with Crippen LogP contribution < -0.4 is 5.32 Å². The van der Waals surface area contributed by atoms with Crippen molar-refractivity contribution in [2.24, 2.45) is 0 Å². The second-order valence-electron chi connectivity index (χ2n) is 5.42. The highest BCUT2D eigenvalue weighted by Gasteiger charge is 2.31. The van der Waals surface area contributed by atoms with Crippen LogP contribution in [0, 0.1) is 0 Å². The van der Waals surface area contributed by atoms with E-state index in [1.807, 2.05) is 36.4 Å². The molecule has 0 fully saturated rings. The van der Waals surface area contributed by atoms with Gasteiger partial charge in [-0.25, -0.2) is 0 Å². The predicted octanol–water partition coefficient (Wildman–Crippen LogP) is 4.78. The molecule has 2 aromatic carbocycles. The fraction of sp³-hybridized carbons (Fsp3) is 0.222. The zero-order chi connectivity index (χ0) is 15.6. The molecule has 0 aliphatic heterocycles. The summed E-state index contributed by atoms with van der Waals surface area (Å²) in [5.74, 6) is 0. The molecule has 22 heavy (non-hydrogen) atoms. The maximum absolute atomic E-state index is 12.8. The summed E-state index contributed by atoms with van der Waals surface area (Å²) in [5, 5.41) is 3.32. The number of hydrogen-bond donors (Lipinski definition) is 1. The minimum Gasteiger partial charge on any atom is -0.384 e. The lowest BCUT2D eigenvalue weighted by molar-refractivity contribution is -0.137. The Kier molecular flexibility index (Phi) is 3.92. The maximum Gasteiger partial charge on any atom is 0.416 e. The van der Waals surface area contributed by atoms with E-state index >= 15 is 0 Å². The van der Waals surface area contributed by atoms with Crippen molar-refractivity contribution >= 4 is 6.08 Å². The molecule has 0 saturated heterocycles. The number of aryl methyl sites for hydroxylation is 1. The Hall–Kier alpha value is -2.23. The molecule has 0 radical (unpaired) electrons. The van der Waals surface area contributed by atoms with Crippen molar-refractivity contribution in [3.63, 3.8) is 0 Å². The molecule has 0 spiro atoms. The normalized spacial score (nSPS) is 14.2. The van der Waals surface area contributed by atoms with E-state index in [2.05, 4.69) is 5.32 Å². The van der Waals surface area contributed by atoms with E-state index in [4.69, 9.17) is 0 Å². The number of benzene rings is 2. The Morgan fingerprint density at radius 2 is 1.73 bits per heavy atom. The van der Waals surface area contributed by atoms with Gasteiger partial charge in [-0.1, -0.05) is 36.4 Å². The molecule has 0 atom stereocenters. The molecule has 1 nitrogen and oxygen atoms in total. The van der Waals surface area contributed by atoms with Crippen molar-refractivity contribution in [2.45, 2.75) is 25.6 Å². The first-order valence-corrected chi connectivity index (χ1v) is 7.21. The smallest absolute Gasteiger partial charge is 0.384 e. The van der Waals surface area contributed by atoms with Gasteiger partial charge in [-0.05, 0) is 47.7 Å². The number of halogens is 3. The Bertz CT molecular complexity index is 687. The molecule has 3 rings (SSSR count). The average Bonchev–Trinajstić information content (AvgIpc) is 2.52. The third-order valence-electron chi connectivity index (χ3n) is 3.83. The van der Waals surface area contributed by atoms with Crippen molar-refractivity contribution < 1.29 is 13.2 Å². The van der Waals surface area contributed by atoms with Gasteiger partial charge in [0, 0.05) is 12.2 Å². The van der Waals surface area contributed by atoms with E-state index < -0.39 is 11.7 Å². The number of fused-ring (bicyclic) bond motifs is 1. The summed E-state index contributed by atoms with van der Waals surface area (Å²) in [7, 11) is 0. The van der Waals surface area contributed by atoms with Crippen LogP contribution in [-0.4, -0.2) is 0 Å². The van der Waals surface area contributed by atoms with Crippen LogP contribution >= 0.6 is 0 Å². The summed E-state index contributed by atoms with van der Waals surface area (Å²) in [6, 6.07) is 13.9. The second-order valence-corrected chi connectivity index (χ2v) is 5.42. The Balaban J connectivity index is 1.77. The molecule has 0 bridgehead atoms. The SMILES string of the molecule is FC(F)(F)c1ccc2c(c1)C=C(NCc1ccccc1)CC2. The van der Waals surface area contributed by atoms with Crippen molar-refractivity contribution in [1.82, 2.24) is 5.32 Å². The van der Waals surface area contributed by atoms with Gasteiger partial charge in [-0.2, -0.15) is 13.2 Å². The Morgan fingerprint density at radius 3 is 2.45 bits per heavy atom. The number of allylic oxidation sites excluding steroid dienone is 1. The molecule has 0 aromatic heterocycles. The van der Waals surface area contributed by atoms with Gasteiger partial charge >= 0.3 is 6.18 Å². The standard InChI is InChI=1S/C18H16F3N/c19-18(20,21)16-8-6-14-7-9-17(11-15(14)10-16)22-12-13-4-2-1-3-5-13/h1-6,8,10-11,22H,7,9,12H2. The third-order valence-corrected chi connectivity index (χ3v) is 3.83. The van der Waals surface area contributed by atoms with E-state index in [1.54, 1.807) is 6.07 Å². The van der Waals surface area contributed by atoms with Gasteiger partial charge in [-0.3, -0.25) is 0 Å². The molecule has 0 saturated carbocycles. The number of alkyl halides is 3. The molecule has 1 aliphatic rings. The average molecular weight is 303 g/mol. The molecule has 2 aromatic rings. The second kappa shape index (κ2) is 5.87. The molecule has 1 N–H and O–H groups in total. The molecule has 0 amide bonds. The lowest BCUT2D eigenvalue weighted by atomic mass is 9.93. The van der Waals surface area contributed by atoms with E-state index in [9.17, 15) is 13.2 Å². The minimum atomic E-state index is -4.29. The van der Waals surface area contributed by atoms with Crippen LogP contribution in [0.25, 0.3) is 6.08 Å². The first-order chi connectivity index (χ1) is 10.5. The van der Waals surface area contributed by atoms with Crippen LogP contribution in [0.4, 0.5) is 13.2 Å². The van der Waals surface area contributed by atoms with Crippen LogP contribution in [0.5, 0.6) is 0 Å². The summed E-state index contributed by atoms with van der Waals surface area (Å²) < 4.78 is 38.4. The summed E-state index contributed by atoms with van der Waals surface area (Å²) in [6.45, 7) is 0.682. The van der Waals surface area contributed by atoms with Crippen LogP contribution in [0.3, 0.4) is 0 Å². The monoisotopic (exact) mass is 303 g/mol. The fourth-order valence-electron chi connectivity index (χ4n) is 2.61. The van der Waals surface area contributed by atoms with Crippen molar-refractivity contribution in [1.29, 1.82) is 0 Å². The zero-order valence-electron chi connectivity index (χ0n) is 12.0. The molecule has 4 heteroatoms.